The lowest BCUT2D eigenvalue weighted by atomic mass is 9.99. The molecule has 0 unspecified atom stereocenters. The van der Waals surface area contributed by atoms with Gasteiger partial charge in [0.15, 0.2) is 0 Å². The molecule has 1 aromatic heterocycles. The quantitative estimate of drug-likeness (QED) is 0.764. The average molecular weight is 237 g/mol. The Morgan fingerprint density at radius 1 is 1.59 bits per heavy atom. The van der Waals surface area contributed by atoms with Crippen LogP contribution in [0.15, 0.2) is 10.6 Å². The van der Waals surface area contributed by atoms with Crippen molar-refractivity contribution in [3.8, 4) is 0 Å². The highest BCUT2D eigenvalue weighted by molar-refractivity contribution is 5.95. The van der Waals surface area contributed by atoms with Gasteiger partial charge >= 0.3 is 0 Å². The SMILES string of the molecule is Cc1cc(C(=O)N2CC(=O)NCC2(C)C)on1. The molecule has 0 radical (unpaired) electrons. The van der Waals surface area contributed by atoms with E-state index in [0.717, 1.165) is 0 Å². The lowest BCUT2D eigenvalue weighted by molar-refractivity contribution is -0.126. The van der Waals surface area contributed by atoms with Crippen LogP contribution in [0.3, 0.4) is 0 Å². The minimum atomic E-state index is -0.425. The Morgan fingerprint density at radius 3 is 2.88 bits per heavy atom. The Balaban J connectivity index is 2.25. The first-order chi connectivity index (χ1) is 7.90. The van der Waals surface area contributed by atoms with E-state index in [1.54, 1.807) is 13.0 Å². The standard InChI is InChI=1S/C11H15N3O3/c1-7-4-8(17-13-7)10(16)14-5-9(15)12-6-11(14,2)3/h4H,5-6H2,1-3H3,(H,12,15). The number of nitrogens with one attached hydrogen (secondary N) is 1. The van der Waals surface area contributed by atoms with Gasteiger partial charge in [-0.05, 0) is 20.8 Å². The molecule has 0 aromatic carbocycles. The van der Waals surface area contributed by atoms with E-state index in [0.29, 0.717) is 12.2 Å². The van der Waals surface area contributed by atoms with E-state index in [-0.39, 0.29) is 24.1 Å². The molecule has 1 aromatic rings. The van der Waals surface area contributed by atoms with Crippen molar-refractivity contribution in [1.82, 2.24) is 15.4 Å². The van der Waals surface area contributed by atoms with Crippen molar-refractivity contribution < 1.29 is 14.1 Å². The molecule has 2 heterocycles. The van der Waals surface area contributed by atoms with E-state index in [2.05, 4.69) is 10.5 Å². The number of aromatic nitrogens is 1. The molecule has 0 saturated carbocycles. The Bertz CT molecular complexity index is 464. The summed E-state index contributed by atoms with van der Waals surface area (Å²) in [6.45, 7) is 6.02. The van der Waals surface area contributed by atoms with Gasteiger partial charge in [-0.25, -0.2) is 0 Å². The molecule has 2 rings (SSSR count). The van der Waals surface area contributed by atoms with E-state index >= 15 is 0 Å². The number of carbonyl (C=O) groups is 2. The van der Waals surface area contributed by atoms with Crippen LogP contribution in [-0.2, 0) is 4.79 Å². The number of carbonyl (C=O) groups excluding carboxylic acids is 2. The van der Waals surface area contributed by atoms with Gasteiger partial charge in [0, 0.05) is 12.6 Å². The summed E-state index contributed by atoms with van der Waals surface area (Å²) < 4.78 is 4.93. The van der Waals surface area contributed by atoms with E-state index < -0.39 is 5.54 Å². The fourth-order valence-electron chi connectivity index (χ4n) is 1.77. The van der Waals surface area contributed by atoms with Crippen LogP contribution in [-0.4, -0.2) is 40.5 Å². The van der Waals surface area contributed by atoms with Crippen LogP contribution in [0.25, 0.3) is 0 Å². The predicted molar refractivity (Wildman–Crippen MR) is 59.4 cm³/mol. The number of rotatable bonds is 1. The number of hydrogen-bond donors (Lipinski definition) is 1. The van der Waals surface area contributed by atoms with Crippen LogP contribution in [0.4, 0.5) is 0 Å². The number of amides is 2. The Kier molecular flexibility index (Phi) is 2.65. The van der Waals surface area contributed by atoms with Gasteiger partial charge in [0.25, 0.3) is 5.91 Å². The molecule has 0 spiro atoms. The van der Waals surface area contributed by atoms with Gasteiger partial charge in [0.1, 0.15) is 6.54 Å². The summed E-state index contributed by atoms with van der Waals surface area (Å²) in [5.41, 5.74) is 0.221. The third kappa shape index (κ3) is 2.15. The van der Waals surface area contributed by atoms with Crippen LogP contribution in [0.5, 0.6) is 0 Å². The van der Waals surface area contributed by atoms with Crippen molar-refractivity contribution in [2.75, 3.05) is 13.1 Å². The lowest BCUT2D eigenvalue weighted by Crippen LogP contribution is -2.62. The third-order valence-corrected chi connectivity index (χ3v) is 2.83. The summed E-state index contributed by atoms with van der Waals surface area (Å²) in [6.07, 6.45) is 0. The minimum absolute atomic E-state index is 0.0472. The zero-order chi connectivity index (χ0) is 12.6. The van der Waals surface area contributed by atoms with Gasteiger partial charge in [0.05, 0.1) is 11.2 Å². The number of nitrogens with zero attached hydrogens (tertiary/aromatic N) is 2. The molecule has 6 heteroatoms. The van der Waals surface area contributed by atoms with Gasteiger partial charge < -0.3 is 14.7 Å². The topological polar surface area (TPSA) is 75.4 Å². The van der Waals surface area contributed by atoms with Crippen LogP contribution in [0.2, 0.25) is 0 Å². The second-order valence-corrected chi connectivity index (χ2v) is 4.81. The van der Waals surface area contributed by atoms with Gasteiger partial charge in [-0.3, -0.25) is 9.59 Å². The molecule has 17 heavy (non-hydrogen) atoms. The normalized spacial score (nSPS) is 19.0. The van der Waals surface area contributed by atoms with Crippen molar-refractivity contribution >= 4 is 11.8 Å². The fraction of sp³-hybridized carbons (Fsp3) is 0.545. The van der Waals surface area contributed by atoms with Crippen molar-refractivity contribution in [2.45, 2.75) is 26.3 Å². The Labute approximate surface area is 98.9 Å². The molecule has 6 nitrogen and oxygen atoms in total. The predicted octanol–water partition coefficient (Wildman–Crippen LogP) is 0.334. The Morgan fingerprint density at radius 2 is 2.29 bits per heavy atom. The number of aryl methyl sites for hydroxylation is 1. The summed E-state index contributed by atoms with van der Waals surface area (Å²) in [6, 6.07) is 1.57. The molecule has 0 aliphatic carbocycles. The van der Waals surface area contributed by atoms with Gasteiger partial charge in [-0.15, -0.1) is 0 Å². The number of hydrogen-bond acceptors (Lipinski definition) is 4. The second-order valence-electron chi connectivity index (χ2n) is 4.81. The highest BCUT2D eigenvalue weighted by Crippen LogP contribution is 2.20. The van der Waals surface area contributed by atoms with Crippen molar-refractivity contribution in [1.29, 1.82) is 0 Å². The Hall–Kier alpha value is -1.85. The first kappa shape index (κ1) is 11.6. The lowest BCUT2D eigenvalue weighted by Gasteiger charge is -2.41. The third-order valence-electron chi connectivity index (χ3n) is 2.83. The highest BCUT2D eigenvalue weighted by Gasteiger charge is 2.38. The number of piperazine rings is 1. The maximum absolute atomic E-state index is 12.2. The molecule has 1 N–H and O–H groups in total. The zero-order valence-electron chi connectivity index (χ0n) is 10.1. The molecule has 92 valence electrons. The van der Waals surface area contributed by atoms with Gasteiger partial charge in [-0.1, -0.05) is 5.16 Å². The molecule has 1 saturated heterocycles. The smallest absolute Gasteiger partial charge is 0.293 e. The molecular formula is C11H15N3O3. The molecule has 1 aliphatic rings. The maximum atomic E-state index is 12.2. The van der Waals surface area contributed by atoms with E-state index in [1.807, 2.05) is 13.8 Å². The monoisotopic (exact) mass is 237 g/mol. The van der Waals surface area contributed by atoms with E-state index in [4.69, 9.17) is 4.52 Å². The summed E-state index contributed by atoms with van der Waals surface area (Å²) in [4.78, 5) is 25.0. The maximum Gasteiger partial charge on any atom is 0.293 e. The van der Waals surface area contributed by atoms with E-state index in [9.17, 15) is 9.59 Å². The summed E-state index contributed by atoms with van der Waals surface area (Å²) in [7, 11) is 0. The minimum Gasteiger partial charge on any atom is -0.352 e. The van der Waals surface area contributed by atoms with Gasteiger partial charge in [0.2, 0.25) is 11.7 Å². The van der Waals surface area contributed by atoms with Crippen molar-refractivity contribution in [2.24, 2.45) is 0 Å². The average Bonchev–Trinajstić information content (AvgIpc) is 2.68. The summed E-state index contributed by atoms with van der Waals surface area (Å²) in [5.74, 6) is -0.287. The summed E-state index contributed by atoms with van der Waals surface area (Å²) in [5, 5.41) is 6.41. The van der Waals surface area contributed by atoms with Crippen molar-refractivity contribution in [3.05, 3.63) is 17.5 Å². The van der Waals surface area contributed by atoms with Crippen molar-refractivity contribution in [3.63, 3.8) is 0 Å². The fourth-order valence-corrected chi connectivity index (χ4v) is 1.77. The van der Waals surface area contributed by atoms with Crippen LogP contribution in [0.1, 0.15) is 30.1 Å². The largest absolute Gasteiger partial charge is 0.352 e. The zero-order valence-corrected chi connectivity index (χ0v) is 10.1. The molecule has 1 fully saturated rings. The van der Waals surface area contributed by atoms with Crippen LogP contribution in [0, 0.1) is 6.92 Å². The highest BCUT2D eigenvalue weighted by atomic mass is 16.5. The van der Waals surface area contributed by atoms with Crippen LogP contribution < -0.4 is 5.32 Å². The van der Waals surface area contributed by atoms with Gasteiger partial charge in [-0.2, -0.15) is 0 Å². The molecular weight excluding hydrogens is 222 g/mol. The molecule has 0 bridgehead atoms. The molecule has 0 atom stereocenters. The molecule has 1 aliphatic heterocycles. The molecule has 2 amide bonds. The first-order valence-electron chi connectivity index (χ1n) is 5.42. The summed E-state index contributed by atoms with van der Waals surface area (Å²) >= 11 is 0. The van der Waals surface area contributed by atoms with E-state index in [1.165, 1.54) is 4.90 Å². The van der Waals surface area contributed by atoms with Crippen LogP contribution >= 0.6 is 0 Å². The first-order valence-corrected chi connectivity index (χ1v) is 5.42. The second kappa shape index (κ2) is 3.87.